The third-order valence-corrected chi connectivity index (χ3v) is 7.90. The van der Waals surface area contributed by atoms with Gasteiger partial charge in [0.1, 0.15) is 17.7 Å². The van der Waals surface area contributed by atoms with Crippen LogP contribution in [-0.2, 0) is 6.54 Å². The smallest absolute Gasteiger partial charge is 0.165 e. The monoisotopic (exact) mass is 522 g/mol. The lowest BCUT2D eigenvalue weighted by Gasteiger charge is -2.47. The molecule has 1 aromatic carbocycles. The fourth-order valence-electron chi connectivity index (χ4n) is 5.96. The number of hydrogen-bond donors (Lipinski definition) is 3. The summed E-state index contributed by atoms with van der Waals surface area (Å²) in [6.07, 6.45) is 6.99. The molecule has 12 heteroatoms. The molecular formula is C26H28F2N8O2. The number of hydrogen-bond acceptors (Lipinski definition) is 9. The molecule has 38 heavy (non-hydrogen) atoms. The maximum atomic E-state index is 15.0. The van der Waals surface area contributed by atoms with Gasteiger partial charge in [-0.25, -0.2) is 23.7 Å². The van der Waals surface area contributed by atoms with E-state index in [1.165, 1.54) is 13.4 Å². The lowest BCUT2D eigenvalue weighted by Crippen LogP contribution is -2.63. The normalized spacial score (nSPS) is 23.1. The average molecular weight is 523 g/mol. The molecule has 4 aromatic rings. The van der Waals surface area contributed by atoms with E-state index in [2.05, 4.69) is 24.8 Å². The van der Waals surface area contributed by atoms with Gasteiger partial charge in [-0.1, -0.05) is 0 Å². The molecule has 3 atom stereocenters. The number of halogens is 2. The minimum absolute atomic E-state index is 0.0151. The van der Waals surface area contributed by atoms with Crippen LogP contribution in [0, 0.1) is 11.6 Å². The molecule has 1 saturated heterocycles. The van der Waals surface area contributed by atoms with Gasteiger partial charge in [-0.15, -0.1) is 0 Å². The van der Waals surface area contributed by atoms with E-state index in [0.29, 0.717) is 24.1 Å². The Hall–Kier alpha value is -3.90. The number of aliphatic hydroxyl groups excluding tert-OH is 1. The molecule has 10 nitrogen and oxygen atoms in total. The predicted molar refractivity (Wildman–Crippen MR) is 138 cm³/mol. The molecule has 6 rings (SSSR count). The second-order valence-corrected chi connectivity index (χ2v) is 9.99. The number of nitrogens with zero attached hydrogens (tertiary/aromatic N) is 6. The number of pyridine rings is 1. The highest BCUT2D eigenvalue weighted by atomic mass is 19.1. The Bertz CT molecular complexity index is 1530. The molecule has 0 amide bonds. The fraction of sp³-hybridized carbons (Fsp3) is 0.385. The summed E-state index contributed by atoms with van der Waals surface area (Å²) in [7, 11) is 1.28. The molecule has 5 N–H and O–H groups in total. The second-order valence-electron chi connectivity index (χ2n) is 9.99. The maximum Gasteiger partial charge on any atom is 0.165 e. The summed E-state index contributed by atoms with van der Waals surface area (Å²) in [4.78, 5) is 19.4. The van der Waals surface area contributed by atoms with Gasteiger partial charge in [0, 0.05) is 24.2 Å². The first-order valence-corrected chi connectivity index (χ1v) is 12.5. The van der Waals surface area contributed by atoms with Crippen LogP contribution in [0.2, 0.25) is 0 Å². The lowest BCUT2D eigenvalue weighted by molar-refractivity contribution is 0.0881. The van der Waals surface area contributed by atoms with Crippen LogP contribution >= 0.6 is 0 Å². The van der Waals surface area contributed by atoms with E-state index in [0.717, 1.165) is 49.2 Å². The quantitative estimate of drug-likeness (QED) is 0.361. The van der Waals surface area contributed by atoms with Gasteiger partial charge in [-0.3, -0.25) is 4.98 Å². The number of aliphatic hydroxyl groups is 1. The van der Waals surface area contributed by atoms with Crippen molar-refractivity contribution in [2.75, 3.05) is 24.3 Å². The van der Waals surface area contributed by atoms with Crippen molar-refractivity contribution in [3.05, 3.63) is 54.2 Å². The average Bonchev–Trinajstić information content (AvgIpc) is 3.46. The molecule has 1 saturated carbocycles. The minimum atomic E-state index is -0.719. The Morgan fingerprint density at radius 1 is 1.13 bits per heavy atom. The molecule has 1 aliphatic heterocycles. The van der Waals surface area contributed by atoms with Gasteiger partial charge < -0.3 is 30.8 Å². The Balaban J connectivity index is 1.48. The summed E-state index contributed by atoms with van der Waals surface area (Å²) < 4.78 is 36.3. The van der Waals surface area contributed by atoms with E-state index in [-0.39, 0.29) is 28.9 Å². The zero-order valence-corrected chi connectivity index (χ0v) is 20.8. The molecule has 198 valence electrons. The van der Waals surface area contributed by atoms with Gasteiger partial charge in [0.2, 0.25) is 0 Å². The first kappa shape index (κ1) is 24.4. The van der Waals surface area contributed by atoms with Crippen molar-refractivity contribution in [2.24, 2.45) is 5.73 Å². The van der Waals surface area contributed by atoms with Crippen molar-refractivity contribution in [1.29, 1.82) is 0 Å². The second kappa shape index (κ2) is 9.14. The number of rotatable bonds is 5. The third kappa shape index (κ3) is 3.82. The molecule has 2 fully saturated rings. The van der Waals surface area contributed by atoms with Crippen molar-refractivity contribution in [3.8, 4) is 17.0 Å². The van der Waals surface area contributed by atoms with Gasteiger partial charge in [0.05, 0.1) is 49.2 Å². The summed E-state index contributed by atoms with van der Waals surface area (Å²) in [5.41, 5.74) is 14.9. The first-order valence-electron chi connectivity index (χ1n) is 12.5. The van der Waals surface area contributed by atoms with Crippen LogP contribution in [0.1, 0.15) is 31.2 Å². The molecule has 0 spiro atoms. The van der Waals surface area contributed by atoms with Crippen molar-refractivity contribution in [3.63, 3.8) is 0 Å². The molecule has 4 heterocycles. The van der Waals surface area contributed by atoms with Crippen LogP contribution in [0.25, 0.3) is 22.4 Å². The van der Waals surface area contributed by atoms with E-state index in [1.54, 1.807) is 18.6 Å². The largest absolute Gasteiger partial charge is 0.494 e. The Labute approximate surface area is 217 Å². The highest BCUT2D eigenvalue weighted by molar-refractivity contribution is 5.81. The summed E-state index contributed by atoms with van der Waals surface area (Å²) in [5, 5.41) is 10.7. The number of methoxy groups -OCH3 is 1. The number of nitrogens with two attached hydrogens (primary N) is 2. The summed E-state index contributed by atoms with van der Waals surface area (Å²) in [6.45, 7) is 1.04. The Morgan fingerprint density at radius 2 is 1.97 bits per heavy atom. The van der Waals surface area contributed by atoms with Crippen LogP contribution in [0.3, 0.4) is 0 Å². The number of nitrogen functional groups attached to an aromatic ring is 1. The summed E-state index contributed by atoms with van der Waals surface area (Å²) in [5.74, 6) is -1.25. The SMILES string of the molecule is COc1cc(F)c(-c2cc(Cn3cnc4c(N)ncnc43)c(N3CCC[C@@]4(N)C3CC[C@@H]4O)cn2)cc1F. The Morgan fingerprint density at radius 3 is 2.79 bits per heavy atom. The molecule has 1 unspecified atom stereocenters. The first-order chi connectivity index (χ1) is 18.3. The number of piperidine rings is 1. The van der Waals surface area contributed by atoms with Gasteiger partial charge >= 0.3 is 0 Å². The fourth-order valence-corrected chi connectivity index (χ4v) is 5.96. The molecule has 3 aromatic heterocycles. The van der Waals surface area contributed by atoms with Gasteiger partial charge in [-0.2, -0.15) is 0 Å². The molecule has 1 aliphatic carbocycles. The predicted octanol–water partition coefficient (Wildman–Crippen LogP) is 2.63. The van der Waals surface area contributed by atoms with Crippen LogP contribution in [0.15, 0.2) is 37.1 Å². The Kier molecular flexibility index (Phi) is 5.88. The van der Waals surface area contributed by atoms with Crippen molar-refractivity contribution in [2.45, 2.75) is 49.9 Å². The highest BCUT2D eigenvalue weighted by Crippen LogP contribution is 2.42. The highest BCUT2D eigenvalue weighted by Gasteiger charge is 2.51. The third-order valence-electron chi connectivity index (χ3n) is 7.90. The zero-order chi connectivity index (χ0) is 26.6. The number of imidazole rings is 1. The lowest BCUT2D eigenvalue weighted by atomic mass is 9.82. The minimum Gasteiger partial charge on any atom is -0.494 e. The summed E-state index contributed by atoms with van der Waals surface area (Å²) >= 11 is 0. The topological polar surface area (TPSA) is 141 Å². The van der Waals surface area contributed by atoms with E-state index in [1.807, 2.05) is 4.57 Å². The van der Waals surface area contributed by atoms with Crippen molar-refractivity contribution >= 4 is 22.7 Å². The number of ether oxygens (including phenoxy) is 1. The van der Waals surface area contributed by atoms with E-state index < -0.39 is 23.3 Å². The van der Waals surface area contributed by atoms with Crippen LogP contribution < -0.4 is 21.1 Å². The van der Waals surface area contributed by atoms with Gasteiger partial charge in [-0.05, 0) is 43.4 Å². The van der Waals surface area contributed by atoms with E-state index >= 15 is 4.39 Å². The van der Waals surface area contributed by atoms with Crippen LogP contribution in [0.4, 0.5) is 20.3 Å². The van der Waals surface area contributed by atoms with E-state index in [4.69, 9.17) is 16.2 Å². The molecule has 2 aliphatic rings. The number of aromatic nitrogens is 5. The van der Waals surface area contributed by atoms with Crippen LogP contribution in [0.5, 0.6) is 5.75 Å². The molecule has 0 radical (unpaired) electrons. The van der Waals surface area contributed by atoms with Crippen molar-refractivity contribution < 1.29 is 18.6 Å². The van der Waals surface area contributed by atoms with Gasteiger partial charge in [0.25, 0.3) is 0 Å². The molecule has 0 bridgehead atoms. The van der Waals surface area contributed by atoms with Crippen molar-refractivity contribution in [1.82, 2.24) is 24.5 Å². The van der Waals surface area contributed by atoms with Gasteiger partial charge in [0.15, 0.2) is 23.0 Å². The zero-order valence-electron chi connectivity index (χ0n) is 20.8. The number of fused-ring (bicyclic) bond motifs is 2. The standard InChI is InChI=1S/C26H28F2N8O2/c1-38-20-9-16(27)15(8-17(20)28)18-7-14(11-35-13-34-23-24(29)32-12-33-25(23)35)19(10-31-18)36-6-2-5-26(30)21(36)3-4-22(26)37/h7-10,12-13,21-22,37H,2-6,11,30H2,1H3,(H2,29,32,33)/t21?,22-,26+/m0/s1. The number of benzene rings is 1. The molecular weight excluding hydrogens is 494 g/mol. The van der Waals surface area contributed by atoms with E-state index in [9.17, 15) is 9.50 Å². The maximum absolute atomic E-state index is 15.0. The summed E-state index contributed by atoms with van der Waals surface area (Å²) in [6, 6.07) is 3.76. The van der Waals surface area contributed by atoms with Crippen LogP contribution in [-0.4, -0.2) is 60.9 Å². The number of anilines is 2.